The summed E-state index contributed by atoms with van der Waals surface area (Å²) in [5.74, 6) is -0.814. The Hall–Kier alpha value is -2.40. The summed E-state index contributed by atoms with van der Waals surface area (Å²) in [4.78, 5) is 14.0. The highest BCUT2D eigenvalue weighted by molar-refractivity contribution is 5.77. The summed E-state index contributed by atoms with van der Waals surface area (Å²) in [5, 5.41) is 14.2. The van der Waals surface area contributed by atoms with Gasteiger partial charge in [0.1, 0.15) is 6.04 Å². The summed E-state index contributed by atoms with van der Waals surface area (Å²) in [6, 6.07) is 9.63. The number of hydrogen-bond donors (Lipinski definition) is 1. The fourth-order valence-electron chi connectivity index (χ4n) is 3.48. The standard InChI is InChI=1S/C19H23N3O2/c1-13-17(14(2)21(3)20-13)18(19(23)24)22-11-9-16(10-12-22)15-7-5-4-6-8-15/h4-9,18H,10-12H2,1-3H3,(H,23,24)/t18-/m1/s1. The molecule has 0 saturated heterocycles. The van der Waals surface area contributed by atoms with Crippen molar-refractivity contribution in [2.45, 2.75) is 26.3 Å². The van der Waals surface area contributed by atoms with Gasteiger partial charge in [0.15, 0.2) is 0 Å². The SMILES string of the molecule is Cc1nn(C)c(C)c1[C@H](C(=O)O)N1CC=C(c2ccccc2)CC1. The number of aryl methyl sites for hydroxylation is 2. The highest BCUT2D eigenvalue weighted by atomic mass is 16.4. The number of nitrogens with zero attached hydrogens (tertiary/aromatic N) is 3. The molecule has 0 spiro atoms. The van der Waals surface area contributed by atoms with E-state index in [-0.39, 0.29) is 0 Å². The highest BCUT2D eigenvalue weighted by Gasteiger charge is 2.33. The Bertz CT molecular complexity index is 777. The molecule has 1 aliphatic rings. The summed E-state index contributed by atoms with van der Waals surface area (Å²) < 4.78 is 1.76. The third kappa shape index (κ3) is 2.99. The van der Waals surface area contributed by atoms with E-state index in [4.69, 9.17) is 0 Å². The second kappa shape index (κ2) is 6.61. The van der Waals surface area contributed by atoms with Crippen molar-refractivity contribution in [2.75, 3.05) is 13.1 Å². The van der Waals surface area contributed by atoms with Gasteiger partial charge >= 0.3 is 5.97 Å². The number of benzene rings is 1. The van der Waals surface area contributed by atoms with Gasteiger partial charge in [-0.15, -0.1) is 0 Å². The fraction of sp³-hybridized carbons (Fsp3) is 0.368. The summed E-state index contributed by atoms with van der Waals surface area (Å²) in [5.41, 5.74) is 5.04. The zero-order valence-corrected chi connectivity index (χ0v) is 14.4. The van der Waals surface area contributed by atoms with Crippen LogP contribution < -0.4 is 0 Å². The molecule has 1 N–H and O–H groups in total. The Morgan fingerprint density at radius 3 is 2.46 bits per heavy atom. The molecule has 2 aromatic rings. The molecular formula is C19H23N3O2. The molecule has 0 bridgehead atoms. The monoisotopic (exact) mass is 325 g/mol. The summed E-state index contributed by atoms with van der Waals surface area (Å²) >= 11 is 0. The van der Waals surface area contributed by atoms with Crippen molar-refractivity contribution >= 4 is 11.5 Å². The van der Waals surface area contributed by atoms with Crippen LogP contribution in [-0.2, 0) is 11.8 Å². The van der Waals surface area contributed by atoms with Gasteiger partial charge in [-0.1, -0.05) is 36.4 Å². The van der Waals surface area contributed by atoms with Crippen molar-refractivity contribution in [3.8, 4) is 0 Å². The van der Waals surface area contributed by atoms with Gasteiger partial charge in [-0.25, -0.2) is 0 Å². The predicted molar refractivity (Wildman–Crippen MR) is 93.7 cm³/mol. The second-order valence-electron chi connectivity index (χ2n) is 6.29. The molecule has 24 heavy (non-hydrogen) atoms. The van der Waals surface area contributed by atoms with Gasteiger partial charge in [-0.3, -0.25) is 14.4 Å². The summed E-state index contributed by atoms with van der Waals surface area (Å²) in [7, 11) is 1.86. The third-order valence-electron chi connectivity index (χ3n) is 4.82. The first-order chi connectivity index (χ1) is 11.5. The molecule has 0 saturated carbocycles. The Labute approximate surface area is 142 Å². The molecule has 0 fully saturated rings. The fourth-order valence-corrected chi connectivity index (χ4v) is 3.48. The molecular weight excluding hydrogens is 302 g/mol. The average Bonchev–Trinajstić information content (AvgIpc) is 2.83. The van der Waals surface area contributed by atoms with E-state index in [0.29, 0.717) is 6.54 Å². The number of carboxylic acid groups (broad SMARTS) is 1. The molecule has 1 aromatic heterocycles. The van der Waals surface area contributed by atoms with Crippen LogP contribution >= 0.6 is 0 Å². The van der Waals surface area contributed by atoms with Crippen molar-refractivity contribution < 1.29 is 9.90 Å². The van der Waals surface area contributed by atoms with Crippen LogP contribution in [0.2, 0.25) is 0 Å². The number of aliphatic carboxylic acids is 1. The minimum Gasteiger partial charge on any atom is -0.480 e. The molecule has 1 atom stereocenters. The molecule has 0 radical (unpaired) electrons. The largest absolute Gasteiger partial charge is 0.480 e. The van der Waals surface area contributed by atoms with Gasteiger partial charge in [0.2, 0.25) is 0 Å². The quantitative estimate of drug-likeness (QED) is 0.939. The lowest BCUT2D eigenvalue weighted by molar-refractivity contribution is -0.143. The lowest BCUT2D eigenvalue weighted by Gasteiger charge is -2.32. The topological polar surface area (TPSA) is 58.4 Å². The molecule has 1 aliphatic heterocycles. The third-order valence-corrected chi connectivity index (χ3v) is 4.82. The maximum atomic E-state index is 12.0. The minimum atomic E-state index is -0.814. The van der Waals surface area contributed by atoms with Crippen molar-refractivity contribution in [2.24, 2.45) is 7.05 Å². The van der Waals surface area contributed by atoms with Crippen LogP contribution in [0.3, 0.4) is 0 Å². The molecule has 3 rings (SSSR count). The van der Waals surface area contributed by atoms with E-state index >= 15 is 0 Å². The zero-order valence-electron chi connectivity index (χ0n) is 14.4. The average molecular weight is 325 g/mol. The normalized spacial score (nSPS) is 16.7. The van der Waals surface area contributed by atoms with Crippen molar-refractivity contribution in [1.82, 2.24) is 14.7 Å². The van der Waals surface area contributed by atoms with E-state index in [1.54, 1.807) is 4.68 Å². The molecule has 0 amide bonds. The lowest BCUT2D eigenvalue weighted by Crippen LogP contribution is -2.37. The highest BCUT2D eigenvalue weighted by Crippen LogP contribution is 2.31. The Morgan fingerprint density at radius 1 is 1.25 bits per heavy atom. The molecule has 0 unspecified atom stereocenters. The van der Waals surface area contributed by atoms with E-state index in [2.05, 4.69) is 23.3 Å². The molecule has 0 aliphatic carbocycles. The van der Waals surface area contributed by atoms with E-state index in [0.717, 1.165) is 29.9 Å². The van der Waals surface area contributed by atoms with E-state index in [1.807, 2.05) is 44.0 Å². The predicted octanol–water partition coefficient (Wildman–Crippen LogP) is 2.95. The Balaban J connectivity index is 1.87. The number of carbonyl (C=O) groups is 1. The Kier molecular flexibility index (Phi) is 4.53. The van der Waals surface area contributed by atoms with Gasteiger partial charge in [0.25, 0.3) is 0 Å². The van der Waals surface area contributed by atoms with Gasteiger partial charge < -0.3 is 5.11 Å². The van der Waals surface area contributed by atoms with Crippen molar-refractivity contribution in [1.29, 1.82) is 0 Å². The molecule has 5 nitrogen and oxygen atoms in total. The van der Waals surface area contributed by atoms with Gasteiger partial charge in [0, 0.05) is 31.4 Å². The second-order valence-corrected chi connectivity index (χ2v) is 6.29. The van der Waals surface area contributed by atoms with Gasteiger partial charge in [0.05, 0.1) is 5.69 Å². The van der Waals surface area contributed by atoms with Gasteiger partial charge in [-0.2, -0.15) is 5.10 Å². The zero-order chi connectivity index (χ0) is 17.3. The van der Waals surface area contributed by atoms with E-state index in [9.17, 15) is 9.90 Å². The number of carboxylic acids is 1. The first kappa shape index (κ1) is 16.5. The molecule has 5 heteroatoms. The summed E-state index contributed by atoms with van der Waals surface area (Å²) in [6.07, 6.45) is 3.00. The summed E-state index contributed by atoms with van der Waals surface area (Å²) in [6.45, 7) is 5.17. The first-order valence-corrected chi connectivity index (χ1v) is 8.20. The van der Waals surface area contributed by atoms with Crippen LogP contribution in [0, 0.1) is 13.8 Å². The molecule has 2 heterocycles. The van der Waals surface area contributed by atoms with E-state index in [1.165, 1.54) is 11.1 Å². The maximum absolute atomic E-state index is 12.0. The van der Waals surface area contributed by atoms with Crippen LogP contribution in [-0.4, -0.2) is 38.8 Å². The maximum Gasteiger partial charge on any atom is 0.325 e. The number of aromatic nitrogens is 2. The van der Waals surface area contributed by atoms with Crippen molar-refractivity contribution in [3.63, 3.8) is 0 Å². The Morgan fingerprint density at radius 2 is 1.96 bits per heavy atom. The van der Waals surface area contributed by atoms with Gasteiger partial charge in [-0.05, 0) is 31.4 Å². The van der Waals surface area contributed by atoms with E-state index < -0.39 is 12.0 Å². The van der Waals surface area contributed by atoms with Crippen molar-refractivity contribution in [3.05, 3.63) is 58.9 Å². The first-order valence-electron chi connectivity index (χ1n) is 8.20. The van der Waals surface area contributed by atoms with Crippen LogP contribution in [0.25, 0.3) is 5.57 Å². The van der Waals surface area contributed by atoms with Crippen LogP contribution in [0.1, 0.15) is 35.0 Å². The lowest BCUT2D eigenvalue weighted by atomic mass is 9.96. The number of rotatable bonds is 4. The van der Waals surface area contributed by atoms with Crippen LogP contribution in [0.4, 0.5) is 0 Å². The van der Waals surface area contributed by atoms with Crippen LogP contribution in [0.5, 0.6) is 0 Å². The van der Waals surface area contributed by atoms with Crippen LogP contribution in [0.15, 0.2) is 36.4 Å². The number of hydrogen-bond acceptors (Lipinski definition) is 3. The molecule has 126 valence electrons. The molecule has 1 aromatic carbocycles. The minimum absolute atomic E-state index is 0.634. The smallest absolute Gasteiger partial charge is 0.325 e.